The molecule has 0 atom stereocenters. The maximum atomic E-state index is 6.49. The normalized spacial score (nSPS) is 10.7. The van der Waals surface area contributed by atoms with Crippen LogP contribution in [0.5, 0.6) is 11.5 Å². The summed E-state index contributed by atoms with van der Waals surface area (Å²) in [6.45, 7) is 3.01. The number of rotatable bonds is 9. The molecular formula is C20H23ClN4O2S. The largest absolute Gasteiger partial charge is 0.493 e. The molecule has 0 fully saturated rings. The molecule has 3 aromatic rings. The van der Waals surface area contributed by atoms with Crippen LogP contribution in [0.15, 0.2) is 42.5 Å². The summed E-state index contributed by atoms with van der Waals surface area (Å²) < 4.78 is 13.7. The topological polar surface area (TPSA) is 64.1 Å². The first-order valence-corrected chi connectivity index (χ1v) is 9.84. The summed E-state index contributed by atoms with van der Waals surface area (Å²) in [5, 5.41) is 7.65. The average molecular weight is 419 g/mol. The van der Waals surface area contributed by atoms with Gasteiger partial charge in [-0.3, -0.25) is 5.10 Å². The van der Waals surface area contributed by atoms with Crippen LogP contribution >= 0.6 is 23.8 Å². The molecule has 0 radical (unpaired) electrons. The molecule has 6 nitrogen and oxygen atoms in total. The van der Waals surface area contributed by atoms with Crippen molar-refractivity contribution in [2.75, 3.05) is 12.5 Å². The van der Waals surface area contributed by atoms with Gasteiger partial charge in [0.25, 0.3) is 0 Å². The van der Waals surface area contributed by atoms with E-state index in [2.05, 4.69) is 22.5 Å². The molecule has 0 unspecified atom stereocenters. The van der Waals surface area contributed by atoms with Crippen molar-refractivity contribution in [2.45, 2.75) is 32.9 Å². The number of nitrogens with one attached hydrogen (secondary N) is 2. The summed E-state index contributed by atoms with van der Waals surface area (Å²) in [5.41, 5.74) is 5.21. The molecule has 0 saturated carbocycles. The van der Waals surface area contributed by atoms with Gasteiger partial charge in [-0.05, 0) is 35.8 Å². The van der Waals surface area contributed by atoms with Crippen molar-refractivity contribution in [1.82, 2.24) is 14.9 Å². The first-order valence-electron chi connectivity index (χ1n) is 9.05. The second-order valence-corrected chi connectivity index (χ2v) is 7.03. The highest BCUT2D eigenvalue weighted by Crippen LogP contribution is 2.34. The van der Waals surface area contributed by atoms with Crippen LogP contribution in [0.25, 0.3) is 0 Å². The molecule has 2 aromatic carbocycles. The Labute approximate surface area is 174 Å². The van der Waals surface area contributed by atoms with Crippen molar-refractivity contribution >= 4 is 23.8 Å². The Bertz CT molecular complexity index is 972. The lowest BCUT2D eigenvalue weighted by Gasteiger charge is -2.15. The number of halogens is 1. The van der Waals surface area contributed by atoms with E-state index in [0.717, 1.165) is 29.8 Å². The van der Waals surface area contributed by atoms with Gasteiger partial charge in [-0.1, -0.05) is 48.9 Å². The number of hydrogen-bond acceptors (Lipinski definition) is 5. The van der Waals surface area contributed by atoms with E-state index >= 15 is 0 Å². The van der Waals surface area contributed by atoms with Crippen molar-refractivity contribution in [2.24, 2.45) is 0 Å². The molecule has 0 spiro atoms. The predicted molar refractivity (Wildman–Crippen MR) is 113 cm³/mol. The van der Waals surface area contributed by atoms with E-state index in [1.54, 1.807) is 17.9 Å². The molecule has 0 aliphatic rings. The SMILES string of the molecule is CCCc1n[nH]c(=S)n1NCc1cc(OC)c(OCc2ccccc2)cc1Cl. The number of aromatic nitrogens is 3. The van der Waals surface area contributed by atoms with E-state index in [1.807, 2.05) is 36.4 Å². The zero-order valence-electron chi connectivity index (χ0n) is 15.9. The molecule has 1 aromatic heterocycles. The molecule has 0 saturated heterocycles. The number of nitrogens with zero attached hydrogens (tertiary/aromatic N) is 2. The van der Waals surface area contributed by atoms with Crippen LogP contribution in [0.1, 0.15) is 30.3 Å². The van der Waals surface area contributed by atoms with Crippen LogP contribution in [-0.2, 0) is 19.6 Å². The van der Waals surface area contributed by atoms with Gasteiger partial charge in [0.05, 0.1) is 13.7 Å². The van der Waals surface area contributed by atoms with Gasteiger partial charge in [-0.2, -0.15) is 5.10 Å². The van der Waals surface area contributed by atoms with Crippen LogP contribution in [0, 0.1) is 4.77 Å². The zero-order valence-corrected chi connectivity index (χ0v) is 17.4. The summed E-state index contributed by atoms with van der Waals surface area (Å²) in [5.74, 6) is 2.09. The number of aromatic amines is 1. The Morgan fingerprint density at radius 1 is 1.21 bits per heavy atom. The minimum absolute atomic E-state index is 0.440. The number of ether oxygens (including phenoxy) is 2. The summed E-state index contributed by atoms with van der Waals surface area (Å²) in [6.07, 6.45) is 1.80. The summed E-state index contributed by atoms with van der Waals surface area (Å²) in [6, 6.07) is 13.6. The van der Waals surface area contributed by atoms with Crippen molar-refractivity contribution < 1.29 is 9.47 Å². The van der Waals surface area contributed by atoms with Crippen LogP contribution in [0.2, 0.25) is 5.02 Å². The first kappa shape index (κ1) is 20.2. The standard InChI is InChI=1S/C20H23ClN4O2S/c1-3-7-19-23-24-20(28)25(19)22-12-15-10-17(26-2)18(11-16(15)21)27-13-14-8-5-4-6-9-14/h4-6,8-11,22H,3,7,12-13H2,1-2H3,(H,24,28). The fourth-order valence-electron chi connectivity index (χ4n) is 2.77. The van der Waals surface area contributed by atoms with Crippen molar-refractivity contribution in [1.29, 1.82) is 0 Å². The summed E-state index contributed by atoms with van der Waals surface area (Å²) in [4.78, 5) is 0. The predicted octanol–water partition coefficient (Wildman–Crippen LogP) is 4.88. The van der Waals surface area contributed by atoms with Gasteiger partial charge in [0.1, 0.15) is 6.61 Å². The Hall–Kier alpha value is -2.51. The fraction of sp³-hybridized carbons (Fsp3) is 0.300. The number of hydrogen-bond donors (Lipinski definition) is 2. The van der Waals surface area contributed by atoms with E-state index in [1.165, 1.54) is 0 Å². The lowest BCUT2D eigenvalue weighted by molar-refractivity contribution is 0.284. The lowest BCUT2D eigenvalue weighted by Crippen LogP contribution is -2.18. The smallest absolute Gasteiger partial charge is 0.214 e. The Balaban J connectivity index is 1.74. The van der Waals surface area contributed by atoms with Crippen molar-refractivity contribution in [3.8, 4) is 11.5 Å². The minimum atomic E-state index is 0.440. The highest BCUT2D eigenvalue weighted by molar-refractivity contribution is 7.71. The quantitative estimate of drug-likeness (QED) is 0.485. The molecule has 28 heavy (non-hydrogen) atoms. The van der Waals surface area contributed by atoms with Crippen LogP contribution in [0.4, 0.5) is 0 Å². The van der Waals surface area contributed by atoms with E-state index < -0.39 is 0 Å². The zero-order chi connectivity index (χ0) is 19.9. The monoisotopic (exact) mass is 418 g/mol. The van der Waals surface area contributed by atoms with Gasteiger partial charge in [0.2, 0.25) is 4.77 Å². The fourth-order valence-corrected chi connectivity index (χ4v) is 3.20. The van der Waals surface area contributed by atoms with Gasteiger partial charge >= 0.3 is 0 Å². The van der Waals surface area contributed by atoms with E-state index in [9.17, 15) is 0 Å². The van der Waals surface area contributed by atoms with Crippen molar-refractivity contribution in [3.63, 3.8) is 0 Å². The Morgan fingerprint density at radius 2 is 2.00 bits per heavy atom. The average Bonchev–Trinajstić information content (AvgIpc) is 3.06. The van der Waals surface area contributed by atoms with Crippen LogP contribution in [-0.4, -0.2) is 22.0 Å². The third kappa shape index (κ3) is 4.85. The van der Waals surface area contributed by atoms with Crippen LogP contribution in [0.3, 0.4) is 0 Å². The highest BCUT2D eigenvalue weighted by Gasteiger charge is 2.12. The number of H-pyrrole nitrogens is 1. The first-order chi connectivity index (χ1) is 13.6. The molecule has 1 heterocycles. The number of benzene rings is 2. The van der Waals surface area contributed by atoms with Crippen molar-refractivity contribution in [3.05, 3.63) is 69.2 Å². The molecule has 0 amide bonds. The lowest BCUT2D eigenvalue weighted by atomic mass is 10.2. The summed E-state index contributed by atoms with van der Waals surface area (Å²) >= 11 is 11.8. The number of aryl methyl sites for hydroxylation is 1. The molecule has 0 aliphatic carbocycles. The van der Waals surface area contributed by atoms with Gasteiger partial charge in [0, 0.05) is 17.5 Å². The Morgan fingerprint density at radius 3 is 2.71 bits per heavy atom. The second-order valence-electron chi connectivity index (χ2n) is 6.23. The van der Waals surface area contributed by atoms with Gasteiger partial charge < -0.3 is 14.9 Å². The van der Waals surface area contributed by atoms with Gasteiger partial charge in [0.15, 0.2) is 17.3 Å². The maximum Gasteiger partial charge on any atom is 0.214 e. The molecular weight excluding hydrogens is 396 g/mol. The molecule has 148 valence electrons. The highest BCUT2D eigenvalue weighted by atomic mass is 35.5. The molecule has 8 heteroatoms. The Kier molecular flexibility index (Phi) is 6.95. The second kappa shape index (κ2) is 9.61. The van der Waals surface area contributed by atoms with Gasteiger partial charge in [-0.25, -0.2) is 4.68 Å². The van der Waals surface area contributed by atoms with E-state index in [0.29, 0.717) is 34.4 Å². The molecule has 2 N–H and O–H groups in total. The molecule has 0 aliphatic heterocycles. The molecule has 3 rings (SSSR count). The van der Waals surface area contributed by atoms with E-state index in [4.69, 9.17) is 33.3 Å². The van der Waals surface area contributed by atoms with Crippen LogP contribution < -0.4 is 14.9 Å². The van der Waals surface area contributed by atoms with E-state index in [-0.39, 0.29) is 0 Å². The third-order valence-electron chi connectivity index (χ3n) is 4.21. The number of methoxy groups -OCH3 is 1. The third-order valence-corrected chi connectivity index (χ3v) is 4.84. The minimum Gasteiger partial charge on any atom is -0.493 e. The summed E-state index contributed by atoms with van der Waals surface area (Å²) in [7, 11) is 1.61. The molecule has 0 bridgehead atoms. The maximum absolute atomic E-state index is 6.49. The van der Waals surface area contributed by atoms with Gasteiger partial charge in [-0.15, -0.1) is 0 Å².